The van der Waals surface area contributed by atoms with Crippen molar-refractivity contribution in [3.8, 4) is 45.5 Å². The fraction of sp³-hybridized carbons (Fsp3) is 0.343. The smallest absolute Gasteiger partial charge is 0.220 e. The Bertz CT molecular complexity index is 1690. The maximum atomic E-state index is 11.5. The third kappa shape index (κ3) is 7.55. The molecule has 0 unspecified atom stereocenters. The van der Waals surface area contributed by atoms with Crippen molar-refractivity contribution in [2.75, 3.05) is 27.3 Å². The van der Waals surface area contributed by atoms with Gasteiger partial charge in [0, 0.05) is 85.1 Å². The average Bonchev–Trinajstić information content (AvgIpc) is 3.72. The summed E-state index contributed by atoms with van der Waals surface area (Å²) in [7, 11) is 3.17. The number of pyridine rings is 3. The number of rotatable bonds is 13. The Hall–Kier alpha value is -4.29. The molecule has 0 spiro atoms. The van der Waals surface area contributed by atoms with Gasteiger partial charge in [0.1, 0.15) is 5.69 Å². The van der Waals surface area contributed by atoms with Gasteiger partial charge in [0.2, 0.25) is 23.6 Å². The van der Waals surface area contributed by atoms with Crippen molar-refractivity contribution in [2.24, 2.45) is 0 Å². The van der Waals surface area contributed by atoms with E-state index >= 15 is 0 Å². The van der Waals surface area contributed by atoms with Crippen molar-refractivity contribution < 1.29 is 19.1 Å². The average molecular weight is 691 g/mol. The largest absolute Gasteiger partial charge is 0.481 e. The Morgan fingerprint density at radius 2 is 1.27 bits per heavy atom. The van der Waals surface area contributed by atoms with Crippen LogP contribution in [-0.4, -0.2) is 66.2 Å². The van der Waals surface area contributed by atoms with Gasteiger partial charge in [-0.1, -0.05) is 53.5 Å². The monoisotopic (exact) mass is 689 g/mol. The summed E-state index contributed by atoms with van der Waals surface area (Å²) < 4.78 is 11.2. The number of hydrogen-bond acceptors (Lipinski definition) is 9. The van der Waals surface area contributed by atoms with E-state index in [9.17, 15) is 9.59 Å². The molecule has 2 aliphatic heterocycles. The number of ether oxygens (including phenoxy) is 2. The molecular formula is C35H37Cl2N7O4. The van der Waals surface area contributed by atoms with Crippen molar-refractivity contribution in [2.45, 2.75) is 50.9 Å². The molecular weight excluding hydrogens is 653 g/mol. The summed E-state index contributed by atoms with van der Waals surface area (Å²) >= 11 is 14.1. The third-order valence-electron chi connectivity index (χ3n) is 8.54. The highest BCUT2D eigenvalue weighted by Crippen LogP contribution is 2.41. The maximum absolute atomic E-state index is 11.5. The van der Waals surface area contributed by atoms with Crippen LogP contribution in [0.5, 0.6) is 11.8 Å². The first-order valence-corrected chi connectivity index (χ1v) is 16.6. The molecule has 250 valence electrons. The Kier molecular flexibility index (Phi) is 10.7. The number of carbonyl (C=O) groups is 2. The lowest BCUT2D eigenvalue weighted by atomic mass is 10.00. The molecule has 48 heavy (non-hydrogen) atoms. The van der Waals surface area contributed by atoms with Crippen molar-refractivity contribution in [3.63, 3.8) is 0 Å². The highest BCUT2D eigenvalue weighted by molar-refractivity contribution is 6.39. The molecule has 0 radical (unpaired) electrons. The van der Waals surface area contributed by atoms with Crippen LogP contribution in [0.1, 0.15) is 36.8 Å². The Morgan fingerprint density at radius 3 is 1.83 bits per heavy atom. The second-order valence-electron chi connectivity index (χ2n) is 11.8. The summed E-state index contributed by atoms with van der Waals surface area (Å²) in [6.07, 6.45) is 4.47. The standard InChI is InChI=1S/C35H37Cl2N7O4/c1-47-34-20(16-38-18-22-8-12-29(45)41-22)6-10-27(43-34)26-5-3-4-24(31(26)36)25-14-15-40-33(32(25)37)28-11-7-21(35(44-28)48-2)17-39-19-23-9-13-30(46)42-23/h3-7,10-11,14-15,22-23,38-39H,8-9,12-13,16-19H2,1-2H3,(H,41,45)(H,42,46)/t22-,23-/m0/s1. The molecule has 6 rings (SSSR count). The maximum Gasteiger partial charge on any atom is 0.220 e. The second kappa shape index (κ2) is 15.3. The van der Waals surface area contributed by atoms with E-state index in [0.717, 1.165) is 35.1 Å². The molecule has 4 aromatic rings. The van der Waals surface area contributed by atoms with Gasteiger partial charge in [-0.2, -0.15) is 0 Å². The van der Waals surface area contributed by atoms with E-state index in [-0.39, 0.29) is 23.9 Å². The summed E-state index contributed by atoms with van der Waals surface area (Å²) in [6.45, 7) is 2.41. The molecule has 1 aromatic carbocycles. The summed E-state index contributed by atoms with van der Waals surface area (Å²) in [5.41, 5.74) is 5.63. The summed E-state index contributed by atoms with van der Waals surface area (Å²) in [4.78, 5) is 37.0. The van der Waals surface area contributed by atoms with E-state index < -0.39 is 0 Å². The van der Waals surface area contributed by atoms with Crippen LogP contribution in [0.15, 0.2) is 54.7 Å². The van der Waals surface area contributed by atoms with Gasteiger partial charge in [0.15, 0.2) is 0 Å². The molecule has 2 fully saturated rings. The molecule has 11 nitrogen and oxygen atoms in total. The minimum absolute atomic E-state index is 0.0913. The number of methoxy groups -OCH3 is 2. The number of carbonyl (C=O) groups excluding carboxylic acids is 2. The number of nitrogens with one attached hydrogen (secondary N) is 4. The molecule has 2 amide bonds. The fourth-order valence-corrected chi connectivity index (χ4v) is 6.67. The molecule has 3 aromatic heterocycles. The number of nitrogens with zero attached hydrogens (tertiary/aromatic N) is 3. The zero-order valence-corrected chi connectivity index (χ0v) is 28.3. The molecule has 0 aliphatic carbocycles. The van der Waals surface area contributed by atoms with E-state index in [2.05, 4.69) is 26.3 Å². The van der Waals surface area contributed by atoms with Gasteiger partial charge in [-0.05, 0) is 31.0 Å². The van der Waals surface area contributed by atoms with E-state index in [1.165, 1.54) is 0 Å². The molecule has 0 saturated carbocycles. The molecule has 2 atom stereocenters. The summed E-state index contributed by atoms with van der Waals surface area (Å²) in [6, 6.07) is 15.5. The molecule has 2 aliphatic rings. The van der Waals surface area contributed by atoms with Gasteiger partial charge < -0.3 is 30.7 Å². The van der Waals surface area contributed by atoms with E-state index in [4.69, 9.17) is 42.6 Å². The minimum Gasteiger partial charge on any atom is -0.481 e. The normalized spacial score (nSPS) is 17.3. The molecule has 13 heteroatoms. The first-order valence-electron chi connectivity index (χ1n) is 15.9. The number of benzene rings is 1. The highest BCUT2D eigenvalue weighted by Gasteiger charge is 2.22. The third-order valence-corrected chi connectivity index (χ3v) is 9.33. The van der Waals surface area contributed by atoms with E-state index in [1.54, 1.807) is 20.4 Å². The molecule has 0 bridgehead atoms. The quantitative estimate of drug-likeness (QED) is 0.154. The summed E-state index contributed by atoms with van der Waals surface area (Å²) in [5.74, 6) is 1.14. The van der Waals surface area contributed by atoms with Crippen molar-refractivity contribution in [3.05, 3.63) is 75.9 Å². The SMILES string of the molecule is COc1nc(-c2cccc(-c3ccnc(-c4ccc(CNC[C@@H]5CCC(=O)N5)c(OC)n4)c3Cl)c2Cl)ccc1CNC[C@@H]1CCC(=O)N1. The van der Waals surface area contributed by atoms with Crippen molar-refractivity contribution in [1.82, 2.24) is 36.2 Å². The molecule has 2 saturated heterocycles. The Balaban J connectivity index is 1.20. The predicted octanol–water partition coefficient (Wildman–Crippen LogP) is 4.93. The van der Waals surface area contributed by atoms with Crippen LogP contribution in [0.4, 0.5) is 0 Å². The summed E-state index contributed by atoms with van der Waals surface area (Å²) in [5, 5.41) is 13.6. The van der Waals surface area contributed by atoms with Gasteiger partial charge >= 0.3 is 0 Å². The van der Waals surface area contributed by atoms with Crippen LogP contribution in [0.2, 0.25) is 10.0 Å². The van der Waals surface area contributed by atoms with Crippen molar-refractivity contribution >= 4 is 35.0 Å². The van der Waals surface area contributed by atoms with Crippen LogP contribution in [0, 0.1) is 0 Å². The zero-order valence-electron chi connectivity index (χ0n) is 26.7. The van der Waals surface area contributed by atoms with Gasteiger partial charge in [0.05, 0.1) is 35.7 Å². The lowest BCUT2D eigenvalue weighted by Gasteiger charge is -2.16. The van der Waals surface area contributed by atoms with Gasteiger partial charge in [-0.25, -0.2) is 9.97 Å². The topological polar surface area (TPSA) is 139 Å². The molecule has 5 heterocycles. The van der Waals surface area contributed by atoms with Gasteiger partial charge in [-0.15, -0.1) is 0 Å². The predicted molar refractivity (Wildman–Crippen MR) is 185 cm³/mol. The van der Waals surface area contributed by atoms with Crippen LogP contribution in [-0.2, 0) is 22.7 Å². The number of aromatic nitrogens is 3. The zero-order chi connectivity index (χ0) is 33.6. The van der Waals surface area contributed by atoms with Crippen LogP contribution in [0.25, 0.3) is 33.8 Å². The van der Waals surface area contributed by atoms with Crippen LogP contribution >= 0.6 is 23.2 Å². The van der Waals surface area contributed by atoms with Gasteiger partial charge in [-0.3, -0.25) is 14.6 Å². The van der Waals surface area contributed by atoms with Gasteiger partial charge in [0.25, 0.3) is 0 Å². The van der Waals surface area contributed by atoms with Crippen molar-refractivity contribution in [1.29, 1.82) is 0 Å². The fourth-order valence-electron chi connectivity index (χ4n) is 6.03. The number of amides is 2. The molecule has 4 N–H and O–H groups in total. The lowest BCUT2D eigenvalue weighted by Crippen LogP contribution is -2.35. The number of hydrogen-bond donors (Lipinski definition) is 4. The first kappa shape index (κ1) is 33.6. The minimum atomic E-state index is 0.0913. The Labute approximate surface area is 289 Å². The van der Waals surface area contributed by atoms with Crippen LogP contribution in [0.3, 0.4) is 0 Å². The second-order valence-corrected chi connectivity index (χ2v) is 12.5. The van der Waals surface area contributed by atoms with Crippen LogP contribution < -0.4 is 30.7 Å². The highest BCUT2D eigenvalue weighted by atomic mass is 35.5. The van der Waals surface area contributed by atoms with E-state index in [1.807, 2.05) is 48.5 Å². The first-order chi connectivity index (χ1) is 23.3. The number of halogens is 2. The Morgan fingerprint density at radius 1 is 0.729 bits per heavy atom. The van der Waals surface area contributed by atoms with E-state index in [0.29, 0.717) is 83.5 Å². The lowest BCUT2D eigenvalue weighted by molar-refractivity contribution is -0.120.